The van der Waals surface area contributed by atoms with Gasteiger partial charge in [0.25, 0.3) is 5.91 Å². The third kappa shape index (κ3) is 2.05. The van der Waals surface area contributed by atoms with Crippen LogP contribution in [0.3, 0.4) is 0 Å². The molecule has 0 saturated heterocycles. The number of nitrogens with one attached hydrogen (secondary N) is 1. The summed E-state index contributed by atoms with van der Waals surface area (Å²) in [7, 11) is 0. The van der Waals surface area contributed by atoms with Gasteiger partial charge in [-0.15, -0.1) is 10.2 Å². The van der Waals surface area contributed by atoms with Crippen molar-refractivity contribution in [3.8, 4) is 0 Å². The Hall–Kier alpha value is -2.35. The van der Waals surface area contributed by atoms with Crippen molar-refractivity contribution in [1.29, 1.82) is 0 Å². The van der Waals surface area contributed by atoms with Gasteiger partial charge in [-0.25, -0.2) is 0 Å². The minimum absolute atomic E-state index is 0.172. The lowest BCUT2D eigenvalue weighted by Crippen LogP contribution is -2.22. The summed E-state index contributed by atoms with van der Waals surface area (Å²) >= 11 is 1.39. The highest BCUT2D eigenvalue weighted by molar-refractivity contribution is 7.16. The summed E-state index contributed by atoms with van der Waals surface area (Å²) < 4.78 is 1.58. The van der Waals surface area contributed by atoms with E-state index in [-0.39, 0.29) is 5.91 Å². The summed E-state index contributed by atoms with van der Waals surface area (Å²) in [5.74, 6) is -0.172. The maximum absolute atomic E-state index is 11.8. The van der Waals surface area contributed by atoms with Gasteiger partial charge in [0.15, 0.2) is 0 Å². The van der Waals surface area contributed by atoms with Gasteiger partial charge in [0, 0.05) is 12.4 Å². The van der Waals surface area contributed by atoms with Gasteiger partial charge in [0.1, 0.15) is 11.3 Å². The van der Waals surface area contributed by atoms with Gasteiger partial charge in [-0.2, -0.15) is 9.61 Å². The van der Waals surface area contributed by atoms with Crippen LogP contribution in [0.1, 0.15) is 15.4 Å². The van der Waals surface area contributed by atoms with Crippen LogP contribution in [-0.2, 0) is 6.54 Å². The largest absolute Gasteiger partial charge is 0.345 e. The first-order valence-electron chi connectivity index (χ1n) is 5.17. The van der Waals surface area contributed by atoms with E-state index in [1.165, 1.54) is 23.9 Å². The second kappa shape index (κ2) is 4.49. The van der Waals surface area contributed by atoms with Crippen LogP contribution in [-0.4, -0.2) is 30.7 Å². The van der Waals surface area contributed by atoms with Crippen LogP contribution in [0.2, 0.25) is 0 Å². The molecule has 0 saturated carbocycles. The quantitative estimate of drug-likeness (QED) is 0.741. The monoisotopic (exact) mass is 260 g/mol. The summed E-state index contributed by atoms with van der Waals surface area (Å²) in [4.78, 5) is 16.4. The van der Waals surface area contributed by atoms with E-state index in [0.717, 1.165) is 5.01 Å². The molecule has 0 bridgehead atoms. The normalized spacial score (nSPS) is 10.7. The molecule has 3 aromatic rings. The molecule has 0 spiro atoms. The van der Waals surface area contributed by atoms with Gasteiger partial charge in [-0.1, -0.05) is 11.3 Å². The Morgan fingerprint density at radius 2 is 2.44 bits per heavy atom. The Morgan fingerprint density at radius 1 is 1.50 bits per heavy atom. The topological polar surface area (TPSA) is 85.1 Å². The van der Waals surface area contributed by atoms with Crippen molar-refractivity contribution in [2.75, 3.05) is 0 Å². The number of aromatic nitrogens is 5. The lowest BCUT2D eigenvalue weighted by Gasteiger charge is -2.01. The molecule has 7 nitrogen and oxygen atoms in total. The maximum atomic E-state index is 11.8. The lowest BCUT2D eigenvalue weighted by atomic mass is 10.3. The van der Waals surface area contributed by atoms with Crippen LogP contribution in [0.25, 0.3) is 4.96 Å². The number of hydrogen-bond donors (Lipinski definition) is 1. The van der Waals surface area contributed by atoms with Crippen molar-refractivity contribution in [3.05, 3.63) is 41.4 Å². The van der Waals surface area contributed by atoms with Crippen molar-refractivity contribution < 1.29 is 4.79 Å². The van der Waals surface area contributed by atoms with E-state index >= 15 is 0 Å². The molecule has 0 radical (unpaired) electrons. The number of fused-ring (bicyclic) bond motifs is 1. The zero-order valence-corrected chi connectivity index (χ0v) is 9.96. The summed E-state index contributed by atoms with van der Waals surface area (Å²) in [6, 6.07) is 3.43. The van der Waals surface area contributed by atoms with Crippen LogP contribution in [0.5, 0.6) is 0 Å². The van der Waals surface area contributed by atoms with E-state index in [2.05, 4.69) is 25.6 Å². The van der Waals surface area contributed by atoms with E-state index in [1.807, 2.05) is 0 Å². The highest BCUT2D eigenvalue weighted by Gasteiger charge is 2.08. The molecule has 8 heteroatoms. The minimum Gasteiger partial charge on any atom is -0.345 e. The van der Waals surface area contributed by atoms with Crippen LogP contribution in [0.4, 0.5) is 0 Å². The van der Waals surface area contributed by atoms with Crippen molar-refractivity contribution >= 4 is 22.2 Å². The molecule has 3 aromatic heterocycles. The van der Waals surface area contributed by atoms with Gasteiger partial charge in [-0.05, 0) is 12.1 Å². The first kappa shape index (κ1) is 10.8. The van der Waals surface area contributed by atoms with Crippen molar-refractivity contribution in [2.45, 2.75) is 6.54 Å². The van der Waals surface area contributed by atoms with Crippen LogP contribution in [0.15, 0.2) is 30.9 Å². The highest BCUT2D eigenvalue weighted by atomic mass is 32.1. The fourth-order valence-corrected chi connectivity index (χ4v) is 2.18. The summed E-state index contributed by atoms with van der Waals surface area (Å²) in [6.45, 7) is 0.363. The Balaban J connectivity index is 1.68. The number of rotatable bonds is 3. The van der Waals surface area contributed by atoms with Gasteiger partial charge in [0.05, 0.1) is 12.1 Å². The van der Waals surface area contributed by atoms with E-state index in [1.54, 1.807) is 22.8 Å². The second-order valence-corrected chi connectivity index (χ2v) is 4.52. The number of nitrogens with zero attached hydrogens (tertiary/aromatic N) is 5. The van der Waals surface area contributed by atoms with E-state index in [9.17, 15) is 4.79 Å². The smallest absolute Gasteiger partial charge is 0.253 e. The predicted octanol–water partition coefficient (Wildman–Crippen LogP) is 0.511. The molecular formula is C10H8N6OS. The molecule has 3 heterocycles. The summed E-state index contributed by atoms with van der Waals surface area (Å²) in [5.41, 5.74) is 0.528. The molecule has 1 N–H and O–H groups in total. The lowest BCUT2D eigenvalue weighted by molar-refractivity contribution is 0.0950. The number of amides is 1. The van der Waals surface area contributed by atoms with Gasteiger partial charge < -0.3 is 5.32 Å². The van der Waals surface area contributed by atoms with Crippen molar-refractivity contribution in [3.63, 3.8) is 0 Å². The maximum Gasteiger partial charge on any atom is 0.253 e. The number of carbonyl (C=O) groups excluding carboxylic acids is 1. The molecule has 0 aliphatic heterocycles. The summed E-state index contributed by atoms with van der Waals surface area (Å²) in [5, 5.41) is 15.3. The molecule has 0 aliphatic rings. The fourth-order valence-electron chi connectivity index (χ4n) is 1.43. The number of carbonyl (C=O) groups is 1. The van der Waals surface area contributed by atoms with Crippen LogP contribution >= 0.6 is 11.3 Å². The molecule has 18 heavy (non-hydrogen) atoms. The minimum atomic E-state index is -0.172. The van der Waals surface area contributed by atoms with Crippen LogP contribution < -0.4 is 5.32 Å². The zero-order chi connectivity index (χ0) is 12.4. The second-order valence-electron chi connectivity index (χ2n) is 3.48. The van der Waals surface area contributed by atoms with Crippen molar-refractivity contribution in [2.24, 2.45) is 0 Å². The molecule has 90 valence electrons. The summed E-state index contributed by atoms with van der Waals surface area (Å²) in [6.07, 6.45) is 4.67. The third-order valence-corrected chi connectivity index (χ3v) is 3.17. The molecule has 3 rings (SSSR count). The molecule has 1 amide bonds. The molecule has 0 fully saturated rings. The van der Waals surface area contributed by atoms with E-state index < -0.39 is 0 Å². The Bertz CT molecular complexity index is 647. The number of hydrogen-bond acceptors (Lipinski definition) is 6. The molecule has 0 atom stereocenters. The Kier molecular flexibility index (Phi) is 2.69. The molecule has 0 unspecified atom stereocenters. The SMILES string of the molecule is O=C(NCc1nn2cnnc2s1)c1cccnc1. The van der Waals surface area contributed by atoms with Gasteiger partial charge in [0.2, 0.25) is 4.96 Å². The van der Waals surface area contributed by atoms with E-state index in [0.29, 0.717) is 17.1 Å². The van der Waals surface area contributed by atoms with E-state index in [4.69, 9.17) is 0 Å². The average Bonchev–Trinajstić information content (AvgIpc) is 2.97. The number of pyridine rings is 1. The predicted molar refractivity (Wildman–Crippen MR) is 64.1 cm³/mol. The third-order valence-electron chi connectivity index (χ3n) is 2.25. The van der Waals surface area contributed by atoms with Crippen molar-refractivity contribution in [1.82, 2.24) is 30.1 Å². The standard InChI is InChI=1S/C10H8N6OS/c17-9(7-2-1-3-11-4-7)12-5-8-15-16-6-13-14-10(16)18-8/h1-4,6H,5H2,(H,12,17). The molecular weight excluding hydrogens is 252 g/mol. The first-order valence-corrected chi connectivity index (χ1v) is 5.98. The van der Waals surface area contributed by atoms with Gasteiger partial charge >= 0.3 is 0 Å². The Morgan fingerprint density at radius 3 is 3.22 bits per heavy atom. The zero-order valence-electron chi connectivity index (χ0n) is 9.15. The Labute approximate surface area is 106 Å². The first-order chi connectivity index (χ1) is 8.83. The van der Waals surface area contributed by atoms with Gasteiger partial charge in [-0.3, -0.25) is 9.78 Å². The average molecular weight is 260 g/mol. The highest BCUT2D eigenvalue weighted by Crippen LogP contribution is 2.11. The molecule has 0 aromatic carbocycles. The van der Waals surface area contributed by atoms with Crippen LogP contribution in [0, 0.1) is 0 Å². The fraction of sp³-hybridized carbons (Fsp3) is 0.100. The molecule has 0 aliphatic carbocycles.